The second-order valence-corrected chi connectivity index (χ2v) is 5.88. The van der Waals surface area contributed by atoms with Crippen LogP contribution in [-0.2, 0) is 16.1 Å². The minimum absolute atomic E-state index is 0.350. The number of nitrogens with one attached hydrogen (secondary N) is 1. The Hall–Kier alpha value is -2.25. The fraction of sp³-hybridized carbons (Fsp3) is 0.471. The van der Waals surface area contributed by atoms with E-state index in [1.807, 2.05) is 23.7 Å². The maximum atomic E-state index is 5.60. The molecule has 0 radical (unpaired) electrons. The quantitative estimate of drug-likeness (QED) is 0.775. The zero-order valence-electron chi connectivity index (χ0n) is 13.7. The number of imidazole rings is 1. The monoisotopic (exact) mass is 327 g/mol. The van der Waals surface area contributed by atoms with Gasteiger partial charge in [-0.25, -0.2) is 9.66 Å². The van der Waals surface area contributed by atoms with E-state index in [4.69, 9.17) is 14.5 Å². The largest absolute Gasteiger partial charge is 0.381 e. The highest BCUT2D eigenvalue weighted by atomic mass is 16.5. The molecule has 0 aliphatic carbocycles. The van der Waals surface area contributed by atoms with Gasteiger partial charge in [-0.05, 0) is 31.9 Å². The summed E-state index contributed by atoms with van der Waals surface area (Å²) in [7, 11) is 0. The lowest BCUT2D eigenvalue weighted by molar-refractivity contribution is 0.0873. The van der Waals surface area contributed by atoms with Crippen molar-refractivity contribution in [3.8, 4) is 0 Å². The van der Waals surface area contributed by atoms with Crippen molar-refractivity contribution >= 4 is 22.1 Å². The molecule has 0 atom stereocenters. The Bertz CT molecular complexity index is 841. The van der Waals surface area contributed by atoms with Crippen LogP contribution in [-0.4, -0.2) is 45.5 Å². The van der Waals surface area contributed by atoms with Gasteiger partial charge in [0, 0.05) is 32.1 Å². The number of hydrogen-bond acceptors (Lipinski definition) is 6. The molecular weight excluding hydrogens is 306 g/mol. The van der Waals surface area contributed by atoms with Gasteiger partial charge in [0.25, 0.3) is 0 Å². The molecule has 126 valence electrons. The summed E-state index contributed by atoms with van der Waals surface area (Å²) in [5, 5.41) is 0. The topological polar surface area (TPSA) is 74.1 Å². The van der Waals surface area contributed by atoms with Crippen molar-refractivity contribution < 1.29 is 9.47 Å². The van der Waals surface area contributed by atoms with Crippen molar-refractivity contribution in [1.29, 1.82) is 0 Å². The van der Waals surface area contributed by atoms with Gasteiger partial charge in [-0.1, -0.05) is 0 Å². The Morgan fingerprint density at radius 2 is 2.17 bits per heavy atom. The van der Waals surface area contributed by atoms with Crippen molar-refractivity contribution in [3.63, 3.8) is 0 Å². The van der Waals surface area contributed by atoms with E-state index in [2.05, 4.69) is 15.4 Å². The van der Waals surface area contributed by atoms with Gasteiger partial charge < -0.3 is 14.9 Å². The van der Waals surface area contributed by atoms with E-state index >= 15 is 0 Å². The van der Waals surface area contributed by atoms with Gasteiger partial charge in [-0.2, -0.15) is 0 Å². The minimum atomic E-state index is 0.350. The highest BCUT2D eigenvalue weighted by Crippen LogP contribution is 2.23. The fourth-order valence-corrected chi connectivity index (χ4v) is 3.06. The number of ether oxygens (including phenoxy) is 2. The van der Waals surface area contributed by atoms with Gasteiger partial charge in [0.05, 0.1) is 11.7 Å². The second kappa shape index (κ2) is 6.70. The molecule has 1 aliphatic rings. The Morgan fingerprint density at radius 3 is 3.00 bits per heavy atom. The molecule has 4 heterocycles. The fourth-order valence-electron chi connectivity index (χ4n) is 3.06. The van der Waals surface area contributed by atoms with Crippen LogP contribution in [0.3, 0.4) is 0 Å². The van der Waals surface area contributed by atoms with E-state index in [-0.39, 0.29) is 0 Å². The van der Waals surface area contributed by atoms with Gasteiger partial charge in [-0.3, -0.25) is 9.97 Å². The number of fused-ring (bicyclic) bond motifs is 3. The Morgan fingerprint density at radius 1 is 1.29 bits per heavy atom. The first-order chi connectivity index (χ1) is 11.9. The van der Waals surface area contributed by atoms with E-state index in [1.54, 1.807) is 12.4 Å². The predicted molar refractivity (Wildman–Crippen MR) is 91.4 cm³/mol. The maximum absolute atomic E-state index is 5.60. The van der Waals surface area contributed by atoms with E-state index in [1.165, 1.54) is 0 Å². The molecule has 3 aromatic rings. The van der Waals surface area contributed by atoms with Gasteiger partial charge >= 0.3 is 0 Å². The lowest BCUT2D eigenvalue weighted by atomic mass is 10.1. The minimum Gasteiger partial charge on any atom is -0.381 e. The lowest BCUT2D eigenvalue weighted by Crippen LogP contribution is -2.34. The van der Waals surface area contributed by atoms with Crippen LogP contribution in [0.4, 0.5) is 0 Å². The third-order valence-electron chi connectivity index (χ3n) is 4.28. The van der Waals surface area contributed by atoms with Crippen LogP contribution >= 0.6 is 0 Å². The average molecular weight is 327 g/mol. The molecule has 7 heteroatoms. The molecule has 1 saturated heterocycles. The average Bonchev–Trinajstić information content (AvgIpc) is 2.99. The van der Waals surface area contributed by atoms with Crippen LogP contribution < -0.4 is 5.43 Å². The summed E-state index contributed by atoms with van der Waals surface area (Å²) in [5.41, 5.74) is 7.10. The Labute approximate surface area is 140 Å². The zero-order chi connectivity index (χ0) is 16.4. The molecule has 0 aromatic carbocycles. The van der Waals surface area contributed by atoms with Crippen LogP contribution in [0.2, 0.25) is 0 Å². The van der Waals surface area contributed by atoms with Crippen LogP contribution in [0.15, 0.2) is 24.5 Å². The summed E-state index contributed by atoms with van der Waals surface area (Å²) in [4.78, 5) is 13.7. The second-order valence-electron chi connectivity index (χ2n) is 5.88. The van der Waals surface area contributed by atoms with Crippen molar-refractivity contribution in [2.45, 2.75) is 32.4 Å². The molecule has 7 nitrogen and oxygen atoms in total. The Balaban J connectivity index is 1.83. The molecule has 1 fully saturated rings. The molecule has 1 aliphatic heterocycles. The number of pyridine rings is 2. The third kappa shape index (κ3) is 2.81. The van der Waals surface area contributed by atoms with E-state index in [0.29, 0.717) is 19.3 Å². The first-order valence-electron chi connectivity index (χ1n) is 8.40. The molecule has 0 amide bonds. The van der Waals surface area contributed by atoms with Crippen molar-refractivity contribution in [3.05, 3.63) is 30.4 Å². The van der Waals surface area contributed by atoms with Crippen LogP contribution in [0.1, 0.15) is 25.6 Å². The van der Waals surface area contributed by atoms with Crippen LogP contribution in [0.25, 0.3) is 22.1 Å². The molecule has 4 rings (SSSR count). The van der Waals surface area contributed by atoms with Crippen molar-refractivity contribution in [2.75, 3.05) is 25.2 Å². The van der Waals surface area contributed by atoms with Crippen molar-refractivity contribution in [1.82, 2.24) is 19.6 Å². The number of nitrogens with zero attached hydrogens (tertiary/aromatic N) is 4. The summed E-state index contributed by atoms with van der Waals surface area (Å²) in [5.74, 6) is 0.846. The molecule has 0 spiro atoms. The highest BCUT2D eigenvalue weighted by Gasteiger charge is 2.19. The maximum Gasteiger partial charge on any atom is 0.154 e. The molecule has 0 bridgehead atoms. The van der Waals surface area contributed by atoms with E-state index in [0.717, 1.165) is 53.9 Å². The summed E-state index contributed by atoms with van der Waals surface area (Å²) in [6.07, 6.45) is 5.54. The standard InChI is InChI=1S/C17H21N5O2/c1-2-23-11-15-20-14-10-19-13-4-3-7-18-16(13)17(14)22(15)21-12-5-8-24-9-6-12/h3-4,7,10,12,21H,2,5-6,8-9,11H2,1H3. The van der Waals surface area contributed by atoms with Gasteiger partial charge in [0.2, 0.25) is 0 Å². The molecule has 0 saturated carbocycles. The summed E-state index contributed by atoms with van der Waals surface area (Å²) < 4.78 is 13.1. The van der Waals surface area contributed by atoms with Crippen LogP contribution in [0, 0.1) is 0 Å². The zero-order valence-corrected chi connectivity index (χ0v) is 13.7. The summed E-state index contributed by atoms with van der Waals surface area (Å²) >= 11 is 0. The van der Waals surface area contributed by atoms with Crippen LogP contribution in [0.5, 0.6) is 0 Å². The van der Waals surface area contributed by atoms with Gasteiger partial charge in [-0.15, -0.1) is 0 Å². The first-order valence-corrected chi connectivity index (χ1v) is 8.40. The smallest absolute Gasteiger partial charge is 0.154 e. The van der Waals surface area contributed by atoms with Crippen molar-refractivity contribution in [2.24, 2.45) is 0 Å². The van der Waals surface area contributed by atoms with E-state index in [9.17, 15) is 0 Å². The highest BCUT2D eigenvalue weighted by molar-refractivity contribution is 5.99. The van der Waals surface area contributed by atoms with E-state index < -0.39 is 0 Å². The summed E-state index contributed by atoms with van der Waals surface area (Å²) in [6.45, 7) is 4.65. The van der Waals surface area contributed by atoms with Gasteiger partial charge in [0.1, 0.15) is 23.2 Å². The number of aromatic nitrogens is 4. The lowest BCUT2D eigenvalue weighted by Gasteiger charge is -2.25. The third-order valence-corrected chi connectivity index (χ3v) is 4.28. The molecular formula is C17H21N5O2. The molecule has 24 heavy (non-hydrogen) atoms. The summed E-state index contributed by atoms with van der Waals surface area (Å²) in [6, 6.07) is 4.22. The number of hydrogen-bond donors (Lipinski definition) is 1. The Kier molecular flexibility index (Phi) is 4.27. The predicted octanol–water partition coefficient (Wildman–Crippen LogP) is 2.24. The number of rotatable bonds is 5. The first kappa shape index (κ1) is 15.3. The van der Waals surface area contributed by atoms with Gasteiger partial charge in [0.15, 0.2) is 5.82 Å². The molecule has 1 N–H and O–H groups in total. The SMILES string of the molecule is CCOCc1nc2cnc3cccnc3c2n1NC1CCOCC1. The molecule has 0 unspecified atom stereocenters. The molecule has 3 aromatic heterocycles. The normalized spacial score (nSPS) is 16.0.